The highest BCUT2D eigenvalue weighted by Crippen LogP contribution is 2.45. The van der Waals surface area contributed by atoms with E-state index in [4.69, 9.17) is 5.73 Å². The SMILES string of the molecule is Cc1n[nH]c(C)c1[C@@H](N)C(=O)N1C[C@]2(C)CN(C)C[C@@](C)(C1)C2O. The van der Waals surface area contributed by atoms with E-state index in [1.54, 1.807) is 0 Å². The Morgan fingerprint density at radius 1 is 1.29 bits per heavy atom. The van der Waals surface area contributed by atoms with Gasteiger partial charge in [0.25, 0.3) is 0 Å². The van der Waals surface area contributed by atoms with Gasteiger partial charge in [-0.3, -0.25) is 9.89 Å². The van der Waals surface area contributed by atoms with Crippen LogP contribution in [0.25, 0.3) is 0 Å². The van der Waals surface area contributed by atoms with Gasteiger partial charge in [0, 0.05) is 48.3 Å². The van der Waals surface area contributed by atoms with Crippen molar-refractivity contribution in [2.75, 3.05) is 33.2 Å². The average Bonchev–Trinajstić information content (AvgIpc) is 2.80. The van der Waals surface area contributed by atoms with Gasteiger partial charge >= 0.3 is 0 Å². The topological polar surface area (TPSA) is 98.5 Å². The van der Waals surface area contributed by atoms with E-state index in [0.29, 0.717) is 13.1 Å². The van der Waals surface area contributed by atoms with Crippen LogP contribution in [0, 0.1) is 24.7 Å². The molecule has 24 heavy (non-hydrogen) atoms. The fourth-order valence-corrected chi connectivity index (χ4v) is 5.00. The number of piperidine rings is 2. The number of likely N-dealkylation sites (tertiary alicyclic amines) is 2. The molecule has 2 aliphatic heterocycles. The molecule has 1 aromatic rings. The Morgan fingerprint density at radius 3 is 2.29 bits per heavy atom. The molecule has 0 aromatic carbocycles. The standard InChI is InChI=1S/C17H29N5O2/c1-10-12(11(2)20-19-10)13(18)14(23)22-8-16(3)6-21(5)7-17(4,9-22)15(16)24/h13,15,24H,6-9,18H2,1-5H3,(H,19,20)/t13-,16+,17+/m1/s1. The second kappa shape index (κ2) is 5.54. The molecular weight excluding hydrogens is 306 g/mol. The maximum Gasteiger partial charge on any atom is 0.244 e. The number of aliphatic hydroxyl groups excluding tert-OH is 1. The number of carbonyl (C=O) groups excluding carboxylic acids is 1. The van der Waals surface area contributed by atoms with Crippen molar-refractivity contribution in [2.45, 2.75) is 39.8 Å². The van der Waals surface area contributed by atoms with Crippen molar-refractivity contribution in [3.8, 4) is 0 Å². The second-order valence-electron chi connectivity index (χ2n) is 8.40. The molecule has 2 bridgehead atoms. The second-order valence-corrected chi connectivity index (χ2v) is 8.40. The van der Waals surface area contributed by atoms with E-state index in [2.05, 4.69) is 36.0 Å². The number of nitrogens with two attached hydrogens (primary N) is 1. The number of aromatic amines is 1. The number of nitrogens with zero attached hydrogens (tertiary/aromatic N) is 3. The number of hydrogen-bond acceptors (Lipinski definition) is 5. The predicted octanol–water partition coefficient (Wildman–Crippen LogP) is 0.187. The summed E-state index contributed by atoms with van der Waals surface area (Å²) in [6, 6.07) is -0.718. The minimum absolute atomic E-state index is 0.0866. The quantitative estimate of drug-likeness (QED) is 0.716. The summed E-state index contributed by atoms with van der Waals surface area (Å²) in [5, 5.41) is 17.9. The first-order valence-electron chi connectivity index (χ1n) is 8.50. The van der Waals surface area contributed by atoms with E-state index in [0.717, 1.165) is 30.0 Å². The molecule has 134 valence electrons. The zero-order chi connectivity index (χ0) is 17.9. The van der Waals surface area contributed by atoms with Gasteiger partial charge in [-0.1, -0.05) is 13.8 Å². The number of hydrogen-bond donors (Lipinski definition) is 3. The van der Waals surface area contributed by atoms with E-state index in [9.17, 15) is 9.90 Å². The van der Waals surface area contributed by atoms with Crippen LogP contribution in [0.2, 0.25) is 0 Å². The number of rotatable bonds is 2. The summed E-state index contributed by atoms with van der Waals surface area (Å²) in [5.41, 5.74) is 8.00. The van der Waals surface area contributed by atoms with Gasteiger partial charge in [0.15, 0.2) is 0 Å². The average molecular weight is 335 g/mol. The molecule has 1 amide bonds. The maximum atomic E-state index is 13.1. The highest BCUT2D eigenvalue weighted by molar-refractivity contribution is 5.84. The van der Waals surface area contributed by atoms with Crippen LogP contribution in [-0.4, -0.2) is 70.3 Å². The van der Waals surface area contributed by atoms with E-state index in [-0.39, 0.29) is 16.7 Å². The molecular formula is C17H29N5O2. The molecule has 0 aliphatic carbocycles. The molecule has 7 nitrogen and oxygen atoms in total. The summed E-state index contributed by atoms with van der Waals surface area (Å²) in [4.78, 5) is 17.2. The lowest BCUT2D eigenvalue weighted by atomic mass is 9.63. The van der Waals surface area contributed by atoms with Crippen molar-refractivity contribution in [1.29, 1.82) is 0 Å². The molecule has 0 spiro atoms. The lowest BCUT2D eigenvalue weighted by Crippen LogP contribution is -2.70. The number of fused-ring (bicyclic) bond motifs is 2. The van der Waals surface area contributed by atoms with E-state index in [1.165, 1.54) is 0 Å². The molecule has 1 aromatic heterocycles. The van der Waals surface area contributed by atoms with Gasteiger partial charge in [-0.05, 0) is 20.9 Å². The molecule has 4 N–H and O–H groups in total. The summed E-state index contributed by atoms with van der Waals surface area (Å²) < 4.78 is 0. The van der Waals surface area contributed by atoms with E-state index >= 15 is 0 Å². The molecule has 2 aliphatic rings. The Balaban J connectivity index is 1.87. The maximum absolute atomic E-state index is 13.1. The first kappa shape index (κ1) is 17.4. The Labute approximate surface area is 143 Å². The van der Waals surface area contributed by atoms with Crippen LogP contribution in [0.5, 0.6) is 0 Å². The number of aromatic nitrogens is 2. The Morgan fingerprint density at radius 2 is 1.83 bits per heavy atom. The highest BCUT2D eigenvalue weighted by atomic mass is 16.3. The molecule has 3 rings (SSSR count). The van der Waals surface area contributed by atoms with Gasteiger partial charge < -0.3 is 20.6 Å². The molecule has 0 saturated carbocycles. The van der Waals surface area contributed by atoms with Crippen LogP contribution in [0.4, 0.5) is 0 Å². The number of nitrogens with one attached hydrogen (secondary N) is 1. The third-order valence-electron chi connectivity index (χ3n) is 5.76. The van der Waals surface area contributed by atoms with Gasteiger partial charge in [0.05, 0.1) is 11.8 Å². The minimum Gasteiger partial charge on any atom is -0.392 e. The van der Waals surface area contributed by atoms with E-state index in [1.807, 2.05) is 18.7 Å². The number of aryl methyl sites for hydroxylation is 2. The third kappa shape index (κ3) is 2.55. The third-order valence-corrected chi connectivity index (χ3v) is 5.76. The molecule has 7 heteroatoms. The number of amides is 1. The summed E-state index contributed by atoms with van der Waals surface area (Å²) in [7, 11) is 2.07. The van der Waals surface area contributed by atoms with Crippen LogP contribution >= 0.6 is 0 Å². The van der Waals surface area contributed by atoms with Crippen molar-refractivity contribution in [3.05, 3.63) is 17.0 Å². The van der Waals surface area contributed by atoms with Crippen molar-refractivity contribution in [1.82, 2.24) is 20.0 Å². The van der Waals surface area contributed by atoms with Gasteiger partial charge in [0.1, 0.15) is 6.04 Å². The Hall–Kier alpha value is -1.44. The highest BCUT2D eigenvalue weighted by Gasteiger charge is 2.56. The minimum atomic E-state index is -0.718. The molecule has 3 atom stereocenters. The first-order chi connectivity index (χ1) is 11.1. The fraction of sp³-hybridized carbons (Fsp3) is 0.765. The lowest BCUT2D eigenvalue weighted by Gasteiger charge is -2.59. The van der Waals surface area contributed by atoms with Gasteiger partial charge in [-0.25, -0.2) is 0 Å². The molecule has 0 unspecified atom stereocenters. The summed E-state index contributed by atoms with van der Waals surface area (Å²) in [5.74, 6) is -0.0866. The van der Waals surface area contributed by atoms with Crippen molar-refractivity contribution in [2.24, 2.45) is 16.6 Å². The largest absolute Gasteiger partial charge is 0.392 e. The lowest BCUT2D eigenvalue weighted by molar-refractivity contribution is -0.180. The smallest absolute Gasteiger partial charge is 0.244 e. The molecule has 3 heterocycles. The summed E-state index contributed by atoms with van der Waals surface area (Å²) in [6.07, 6.45) is -0.418. The van der Waals surface area contributed by atoms with Crippen LogP contribution in [0.3, 0.4) is 0 Å². The van der Waals surface area contributed by atoms with Crippen molar-refractivity contribution < 1.29 is 9.90 Å². The Bertz CT molecular complexity index is 618. The van der Waals surface area contributed by atoms with Crippen LogP contribution in [-0.2, 0) is 4.79 Å². The van der Waals surface area contributed by atoms with Crippen molar-refractivity contribution >= 4 is 5.91 Å². The first-order valence-corrected chi connectivity index (χ1v) is 8.50. The van der Waals surface area contributed by atoms with Crippen molar-refractivity contribution in [3.63, 3.8) is 0 Å². The fourth-order valence-electron chi connectivity index (χ4n) is 5.00. The monoisotopic (exact) mass is 335 g/mol. The Kier molecular flexibility index (Phi) is 4.01. The summed E-state index contributed by atoms with van der Waals surface area (Å²) in [6.45, 7) is 10.5. The van der Waals surface area contributed by atoms with Crippen LogP contribution in [0.1, 0.15) is 36.8 Å². The van der Waals surface area contributed by atoms with Gasteiger partial charge in [0.2, 0.25) is 5.91 Å². The number of carbonyl (C=O) groups is 1. The predicted molar refractivity (Wildman–Crippen MR) is 91.3 cm³/mol. The van der Waals surface area contributed by atoms with E-state index < -0.39 is 12.1 Å². The number of aliphatic hydroxyl groups is 1. The normalized spacial score (nSPS) is 35.1. The molecule has 2 fully saturated rings. The van der Waals surface area contributed by atoms with Crippen LogP contribution < -0.4 is 5.73 Å². The zero-order valence-corrected chi connectivity index (χ0v) is 15.3. The zero-order valence-electron chi connectivity index (χ0n) is 15.3. The summed E-state index contributed by atoms with van der Waals surface area (Å²) >= 11 is 0. The van der Waals surface area contributed by atoms with Gasteiger partial charge in [-0.15, -0.1) is 0 Å². The number of H-pyrrole nitrogens is 1. The van der Waals surface area contributed by atoms with Crippen LogP contribution in [0.15, 0.2) is 0 Å². The molecule has 0 radical (unpaired) electrons. The van der Waals surface area contributed by atoms with Gasteiger partial charge in [-0.2, -0.15) is 5.10 Å². The molecule has 2 saturated heterocycles.